The molecule has 4 atom stereocenters. The van der Waals surface area contributed by atoms with Crippen molar-refractivity contribution in [2.75, 3.05) is 5.75 Å². The molecule has 3 N–H and O–H groups in total. The molecule has 2 unspecified atom stereocenters. The highest BCUT2D eigenvalue weighted by atomic mass is 32.2. The third-order valence-electron chi connectivity index (χ3n) is 3.70. The van der Waals surface area contributed by atoms with Crippen LogP contribution in [0.3, 0.4) is 0 Å². The van der Waals surface area contributed by atoms with E-state index >= 15 is 0 Å². The van der Waals surface area contributed by atoms with E-state index in [1.807, 2.05) is 0 Å². The second-order valence-corrected chi connectivity index (χ2v) is 6.61. The van der Waals surface area contributed by atoms with Gasteiger partial charge < -0.3 is 10.2 Å². The second-order valence-electron chi connectivity index (χ2n) is 4.60. The Morgan fingerprint density at radius 2 is 2.13 bits per heavy atom. The van der Waals surface area contributed by atoms with Crippen molar-refractivity contribution < 1.29 is 18.6 Å². The first kappa shape index (κ1) is 11.3. The van der Waals surface area contributed by atoms with E-state index in [4.69, 9.17) is 0 Å². The molecule has 15 heavy (non-hydrogen) atoms. The predicted octanol–water partition coefficient (Wildman–Crippen LogP) is -0.800. The quantitative estimate of drug-likeness (QED) is 0.598. The van der Waals surface area contributed by atoms with Crippen LogP contribution >= 0.6 is 0 Å². The summed E-state index contributed by atoms with van der Waals surface area (Å²) in [6.45, 7) is 1.56. The lowest BCUT2D eigenvalue weighted by Gasteiger charge is -2.34. The summed E-state index contributed by atoms with van der Waals surface area (Å²) in [7, 11) is -3.32. The Kier molecular flexibility index (Phi) is 2.57. The fourth-order valence-corrected chi connectivity index (χ4v) is 3.86. The third-order valence-corrected chi connectivity index (χ3v) is 5.18. The van der Waals surface area contributed by atoms with E-state index < -0.39 is 27.8 Å². The summed E-state index contributed by atoms with van der Waals surface area (Å²) in [5, 5.41) is 19.5. The smallest absolute Gasteiger partial charge is 0.211 e. The summed E-state index contributed by atoms with van der Waals surface area (Å²) in [4.78, 5) is 0. The maximum Gasteiger partial charge on any atom is 0.211 e. The van der Waals surface area contributed by atoms with Crippen molar-refractivity contribution in [3.63, 3.8) is 0 Å². The number of aliphatic hydroxyl groups excluding tert-OH is 2. The van der Waals surface area contributed by atoms with Gasteiger partial charge in [-0.2, -0.15) is 0 Å². The Labute approximate surface area is 89.5 Å². The van der Waals surface area contributed by atoms with Crippen LogP contribution in [-0.2, 0) is 10.0 Å². The number of rotatable bonds is 3. The van der Waals surface area contributed by atoms with Crippen LogP contribution in [0.5, 0.6) is 0 Å². The van der Waals surface area contributed by atoms with Crippen molar-refractivity contribution in [1.29, 1.82) is 0 Å². The molecule has 0 heterocycles. The van der Waals surface area contributed by atoms with Crippen LogP contribution in [0, 0.1) is 5.92 Å². The molecular weight excluding hydrogens is 218 g/mol. The van der Waals surface area contributed by atoms with E-state index in [9.17, 15) is 18.6 Å². The second kappa shape index (κ2) is 3.41. The van der Waals surface area contributed by atoms with Crippen molar-refractivity contribution in [3.05, 3.63) is 0 Å². The molecule has 2 aliphatic carbocycles. The van der Waals surface area contributed by atoms with Gasteiger partial charge >= 0.3 is 0 Å². The maximum absolute atomic E-state index is 11.5. The van der Waals surface area contributed by atoms with Gasteiger partial charge in [0.05, 0.1) is 23.5 Å². The normalized spacial score (nSPS) is 44.9. The lowest BCUT2D eigenvalue weighted by Crippen LogP contribution is -2.56. The summed E-state index contributed by atoms with van der Waals surface area (Å²) in [6.07, 6.45) is 0.213. The van der Waals surface area contributed by atoms with Gasteiger partial charge in [0.1, 0.15) is 0 Å². The van der Waals surface area contributed by atoms with E-state index in [-0.39, 0.29) is 11.7 Å². The Balaban J connectivity index is 2.21. The summed E-state index contributed by atoms with van der Waals surface area (Å²) in [6, 6.07) is 0. The lowest BCUT2D eigenvalue weighted by atomic mass is 9.90. The van der Waals surface area contributed by atoms with Crippen LogP contribution in [0.4, 0.5) is 0 Å². The molecule has 0 radical (unpaired) electrons. The molecule has 6 heteroatoms. The van der Waals surface area contributed by atoms with Gasteiger partial charge in [-0.25, -0.2) is 13.1 Å². The standard InChI is InChI=1S/C9H17NO4S/c1-2-15(13,14)10-9-4-3-6(5-9)7(11)8(9)12/h6-8,10-12H,2-5H2,1H3/t6?,7-,8-,9?/m0/s1. The molecule has 0 spiro atoms. The number of sulfonamides is 1. The fraction of sp³-hybridized carbons (Fsp3) is 1.00. The highest BCUT2D eigenvalue weighted by molar-refractivity contribution is 7.89. The zero-order valence-corrected chi connectivity index (χ0v) is 9.50. The largest absolute Gasteiger partial charge is 0.390 e. The van der Waals surface area contributed by atoms with Gasteiger partial charge in [0.15, 0.2) is 0 Å². The van der Waals surface area contributed by atoms with Gasteiger partial charge in [-0.1, -0.05) is 0 Å². The lowest BCUT2D eigenvalue weighted by molar-refractivity contribution is -0.0283. The molecule has 0 aromatic carbocycles. The van der Waals surface area contributed by atoms with E-state index in [2.05, 4.69) is 4.72 Å². The maximum atomic E-state index is 11.5. The first-order valence-corrected chi connectivity index (χ1v) is 6.93. The molecule has 2 saturated carbocycles. The molecule has 0 amide bonds. The van der Waals surface area contributed by atoms with Gasteiger partial charge in [-0.05, 0) is 32.1 Å². The van der Waals surface area contributed by atoms with Crippen molar-refractivity contribution in [2.24, 2.45) is 5.92 Å². The topological polar surface area (TPSA) is 86.6 Å². The molecule has 0 aromatic heterocycles. The van der Waals surface area contributed by atoms with Gasteiger partial charge in [0, 0.05) is 0 Å². The summed E-state index contributed by atoms with van der Waals surface area (Å²) in [5.41, 5.74) is -0.807. The van der Waals surface area contributed by atoms with Crippen molar-refractivity contribution >= 4 is 10.0 Å². The van der Waals surface area contributed by atoms with Crippen LogP contribution in [0.1, 0.15) is 26.2 Å². The van der Waals surface area contributed by atoms with Crippen LogP contribution in [0.15, 0.2) is 0 Å². The van der Waals surface area contributed by atoms with E-state index in [1.54, 1.807) is 6.92 Å². The number of hydrogen-bond acceptors (Lipinski definition) is 4. The zero-order chi connectivity index (χ0) is 11.3. The van der Waals surface area contributed by atoms with Gasteiger partial charge in [0.25, 0.3) is 0 Å². The van der Waals surface area contributed by atoms with Crippen molar-refractivity contribution in [2.45, 2.75) is 43.9 Å². The highest BCUT2D eigenvalue weighted by Gasteiger charge is 2.58. The number of aliphatic hydroxyl groups is 2. The molecule has 5 nitrogen and oxygen atoms in total. The fourth-order valence-electron chi connectivity index (χ4n) is 2.79. The summed E-state index contributed by atoms with van der Waals surface area (Å²) >= 11 is 0. The number of hydrogen-bond donors (Lipinski definition) is 3. The summed E-state index contributed by atoms with van der Waals surface area (Å²) in [5.74, 6) is 0.0435. The first-order chi connectivity index (χ1) is 6.90. The van der Waals surface area contributed by atoms with Crippen molar-refractivity contribution in [1.82, 2.24) is 4.72 Å². The van der Waals surface area contributed by atoms with E-state index in [1.165, 1.54) is 0 Å². The number of nitrogens with one attached hydrogen (secondary N) is 1. The minimum atomic E-state index is -3.32. The molecule has 2 rings (SSSR count). The number of fused-ring (bicyclic) bond motifs is 2. The van der Waals surface area contributed by atoms with E-state index in [0.717, 1.165) is 6.42 Å². The Hall–Kier alpha value is -0.170. The van der Waals surface area contributed by atoms with E-state index in [0.29, 0.717) is 12.8 Å². The first-order valence-electron chi connectivity index (χ1n) is 5.28. The Morgan fingerprint density at radius 3 is 2.60 bits per heavy atom. The van der Waals surface area contributed by atoms with Crippen LogP contribution in [0.25, 0.3) is 0 Å². The molecule has 2 aliphatic rings. The third kappa shape index (κ3) is 1.69. The Bertz CT molecular complexity index is 355. The molecule has 0 saturated heterocycles. The monoisotopic (exact) mass is 235 g/mol. The molecule has 0 aliphatic heterocycles. The van der Waals surface area contributed by atoms with Gasteiger partial charge in [-0.3, -0.25) is 0 Å². The molecule has 2 bridgehead atoms. The van der Waals surface area contributed by atoms with Gasteiger partial charge in [-0.15, -0.1) is 0 Å². The average molecular weight is 235 g/mol. The minimum Gasteiger partial charge on any atom is -0.390 e. The molecule has 0 aromatic rings. The molecular formula is C9H17NO4S. The van der Waals surface area contributed by atoms with Crippen LogP contribution in [-0.4, -0.2) is 42.1 Å². The SMILES string of the molecule is CCS(=O)(=O)NC12CCC(C1)[C@H](O)[C@@H]2O. The average Bonchev–Trinajstić information content (AvgIpc) is 2.67. The zero-order valence-electron chi connectivity index (χ0n) is 8.68. The molecule has 2 fully saturated rings. The molecule has 88 valence electrons. The summed E-state index contributed by atoms with van der Waals surface area (Å²) < 4.78 is 25.5. The highest BCUT2D eigenvalue weighted by Crippen LogP contribution is 2.48. The van der Waals surface area contributed by atoms with Crippen LogP contribution in [0.2, 0.25) is 0 Å². The van der Waals surface area contributed by atoms with Crippen LogP contribution < -0.4 is 4.72 Å². The minimum absolute atomic E-state index is 0.00221. The Morgan fingerprint density at radius 1 is 1.47 bits per heavy atom. The van der Waals surface area contributed by atoms with Crippen molar-refractivity contribution in [3.8, 4) is 0 Å². The predicted molar refractivity (Wildman–Crippen MR) is 54.7 cm³/mol. The van der Waals surface area contributed by atoms with Gasteiger partial charge in [0.2, 0.25) is 10.0 Å².